The smallest absolute Gasteiger partial charge is 0.325 e. The van der Waals surface area contributed by atoms with E-state index in [0.717, 1.165) is 4.90 Å². The number of aromatic nitrogens is 1. The van der Waals surface area contributed by atoms with Crippen LogP contribution in [0.1, 0.15) is 18.5 Å². The van der Waals surface area contributed by atoms with Gasteiger partial charge in [0, 0.05) is 19.0 Å². The van der Waals surface area contributed by atoms with Crippen LogP contribution < -0.4 is 4.90 Å². The number of nitriles is 1. The molecule has 1 fully saturated rings. The van der Waals surface area contributed by atoms with Crippen LogP contribution in [0, 0.1) is 17.2 Å². The molecule has 0 aromatic carbocycles. The van der Waals surface area contributed by atoms with Gasteiger partial charge in [0.15, 0.2) is 5.76 Å². The molecule has 0 aliphatic carbocycles. The highest BCUT2D eigenvalue weighted by molar-refractivity contribution is 5.87. The molecule has 31 heavy (non-hydrogen) atoms. The summed E-state index contributed by atoms with van der Waals surface area (Å²) >= 11 is 0. The van der Waals surface area contributed by atoms with E-state index in [9.17, 15) is 19.6 Å². The number of oxazole rings is 1. The third kappa shape index (κ3) is 5.03. The second-order valence-corrected chi connectivity index (χ2v) is 6.87. The summed E-state index contributed by atoms with van der Waals surface area (Å²) < 4.78 is 20.2. The molecule has 0 unspecified atom stereocenters. The van der Waals surface area contributed by atoms with Crippen LogP contribution in [-0.4, -0.2) is 68.1 Å². The molecule has 3 rings (SSSR count). The maximum atomic E-state index is 12.9. The third-order valence-electron chi connectivity index (χ3n) is 4.99. The van der Waals surface area contributed by atoms with Crippen LogP contribution in [0.3, 0.4) is 0 Å². The van der Waals surface area contributed by atoms with Gasteiger partial charge in [-0.15, -0.1) is 0 Å². The molecule has 0 N–H and O–H groups in total. The fourth-order valence-electron chi connectivity index (χ4n) is 3.35. The molecule has 0 radical (unpaired) electrons. The van der Waals surface area contributed by atoms with Crippen molar-refractivity contribution >= 4 is 23.7 Å². The van der Waals surface area contributed by atoms with E-state index in [2.05, 4.69) is 14.5 Å². The first-order chi connectivity index (χ1) is 15.0. The van der Waals surface area contributed by atoms with Gasteiger partial charge < -0.3 is 28.1 Å². The highest BCUT2D eigenvalue weighted by atomic mass is 16.5. The quantitative estimate of drug-likeness (QED) is 0.589. The molecule has 1 amide bonds. The summed E-state index contributed by atoms with van der Waals surface area (Å²) in [6.45, 7) is 0.194. The van der Waals surface area contributed by atoms with E-state index in [1.165, 1.54) is 20.5 Å². The van der Waals surface area contributed by atoms with Gasteiger partial charge in [0.2, 0.25) is 17.5 Å². The molecular weight excluding hydrogens is 408 g/mol. The molecule has 11 heteroatoms. The maximum Gasteiger partial charge on any atom is 0.325 e. The van der Waals surface area contributed by atoms with Gasteiger partial charge in [-0.3, -0.25) is 14.4 Å². The van der Waals surface area contributed by atoms with Crippen molar-refractivity contribution in [3.63, 3.8) is 0 Å². The molecule has 0 atom stereocenters. The number of rotatable bonds is 7. The van der Waals surface area contributed by atoms with Crippen LogP contribution in [0.15, 0.2) is 27.2 Å². The Morgan fingerprint density at radius 1 is 1.23 bits per heavy atom. The average Bonchev–Trinajstić information content (AvgIpc) is 3.47. The Morgan fingerprint density at radius 3 is 2.39 bits per heavy atom. The molecule has 1 aliphatic rings. The summed E-state index contributed by atoms with van der Waals surface area (Å²) in [5.74, 6) is -1.04. The molecule has 1 saturated heterocycles. The Kier molecular flexibility index (Phi) is 6.92. The van der Waals surface area contributed by atoms with Crippen molar-refractivity contribution in [2.75, 3.05) is 45.3 Å². The normalized spacial score (nSPS) is 14.0. The minimum Gasteiger partial charge on any atom is -0.468 e. The van der Waals surface area contributed by atoms with Crippen LogP contribution in [-0.2, 0) is 23.9 Å². The Bertz CT molecular complexity index is 950. The first kappa shape index (κ1) is 21.9. The maximum absolute atomic E-state index is 12.9. The number of piperidine rings is 1. The van der Waals surface area contributed by atoms with Crippen molar-refractivity contribution in [2.45, 2.75) is 12.8 Å². The van der Waals surface area contributed by atoms with Gasteiger partial charge in [0.05, 0.1) is 20.5 Å². The van der Waals surface area contributed by atoms with Crippen LogP contribution in [0.2, 0.25) is 0 Å². The fourth-order valence-corrected chi connectivity index (χ4v) is 3.35. The highest BCUT2D eigenvalue weighted by Gasteiger charge is 2.33. The molecule has 2 aromatic rings. The fraction of sp³-hybridized carbons (Fsp3) is 0.450. The number of furan rings is 1. The minimum absolute atomic E-state index is 0.134. The van der Waals surface area contributed by atoms with E-state index in [0.29, 0.717) is 37.6 Å². The van der Waals surface area contributed by atoms with Gasteiger partial charge in [-0.05, 0) is 25.0 Å². The zero-order chi connectivity index (χ0) is 22.4. The van der Waals surface area contributed by atoms with Gasteiger partial charge in [0.25, 0.3) is 5.89 Å². The molecular formula is C20H22N4O7. The Hall–Kier alpha value is -3.81. The minimum atomic E-state index is -0.625. The van der Waals surface area contributed by atoms with Gasteiger partial charge in [-0.2, -0.15) is 10.2 Å². The van der Waals surface area contributed by atoms with Crippen LogP contribution >= 0.6 is 0 Å². The number of amides is 1. The van der Waals surface area contributed by atoms with E-state index < -0.39 is 17.9 Å². The Morgan fingerprint density at radius 2 is 1.87 bits per heavy atom. The van der Waals surface area contributed by atoms with Crippen molar-refractivity contribution in [1.82, 2.24) is 9.88 Å². The van der Waals surface area contributed by atoms with Gasteiger partial charge in [0.1, 0.15) is 19.2 Å². The lowest BCUT2D eigenvalue weighted by Crippen LogP contribution is -2.46. The monoisotopic (exact) mass is 430 g/mol. The van der Waals surface area contributed by atoms with Crippen LogP contribution in [0.25, 0.3) is 11.7 Å². The van der Waals surface area contributed by atoms with E-state index in [-0.39, 0.29) is 30.6 Å². The molecule has 0 bridgehead atoms. The van der Waals surface area contributed by atoms with Crippen molar-refractivity contribution in [1.29, 1.82) is 5.26 Å². The van der Waals surface area contributed by atoms with Crippen molar-refractivity contribution in [2.24, 2.45) is 5.92 Å². The number of anilines is 1. The van der Waals surface area contributed by atoms with E-state index in [4.69, 9.17) is 8.83 Å². The Balaban J connectivity index is 1.68. The Labute approximate surface area is 178 Å². The lowest BCUT2D eigenvalue weighted by Gasteiger charge is -2.33. The summed E-state index contributed by atoms with van der Waals surface area (Å²) in [6.07, 6.45) is 2.37. The standard InChI is InChI=1S/C20H22N4O7/c1-28-16(25)11-24(12-17(26)29-2)19(27)13-5-7-23(8-6-13)20-14(10-21)22-18(31-20)15-4-3-9-30-15/h3-4,9,13H,5-8,11-12H2,1-2H3. The number of hydrogen-bond donors (Lipinski definition) is 0. The predicted molar refractivity (Wildman–Crippen MR) is 104 cm³/mol. The predicted octanol–water partition coefficient (Wildman–Crippen LogP) is 1.20. The van der Waals surface area contributed by atoms with Gasteiger partial charge >= 0.3 is 11.9 Å². The highest BCUT2D eigenvalue weighted by Crippen LogP contribution is 2.31. The number of ether oxygens (including phenoxy) is 2. The first-order valence-corrected chi connectivity index (χ1v) is 9.59. The second-order valence-electron chi connectivity index (χ2n) is 6.87. The number of methoxy groups -OCH3 is 2. The number of carbonyl (C=O) groups excluding carboxylic acids is 3. The molecule has 2 aromatic heterocycles. The summed E-state index contributed by atoms with van der Waals surface area (Å²) in [5.41, 5.74) is 0.134. The molecule has 0 spiro atoms. The molecule has 0 saturated carbocycles. The van der Waals surface area contributed by atoms with Crippen molar-refractivity contribution in [3.05, 3.63) is 24.1 Å². The van der Waals surface area contributed by atoms with Crippen molar-refractivity contribution < 1.29 is 32.7 Å². The summed E-state index contributed by atoms with van der Waals surface area (Å²) in [4.78, 5) is 43.4. The van der Waals surface area contributed by atoms with E-state index in [1.54, 1.807) is 12.1 Å². The number of nitrogens with zero attached hydrogens (tertiary/aromatic N) is 4. The van der Waals surface area contributed by atoms with E-state index >= 15 is 0 Å². The van der Waals surface area contributed by atoms with Crippen LogP contribution in [0.4, 0.5) is 5.88 Å². The van der Waals surface area contributed by atoms with E-state index in [1.807, 2.05) is 11.0 Å². The topological polar surface area (TPSA) is 139 Å². The van der Waals surface area contributed by atoms with Crippen molar-refractivity contribution in [3.8, 4) is 17.7 Å². The molecule has 1 aliphatic heterocycles. The largest absolute Gasteiger partial charge is 0.468 e. The van der Waals surface area contributed by atoms with Gasteiger partial charge in [-0.1, -0.05) is 0 Å². The zero-order valence-electron chi connectivity index (χ0n) is 17.2. The SMILES string of the molecule is COC(=O)CN(CC(=O)OC)C(=O)C1CCN(c2oc(-c3ccco3)nc2C#N)CC1. The molecule has 164 valence electrons. The third-order valence-corrected chi connectivity index (χ3v) is 4.99. The summed E-state index contributed by atoms with van der Waals surface area (Å²) in [6, 6.07) is 5.39. The number of carbonyl (C=O) groups is 3. The van der Waals surface area contributed by atoms with Gasteiger partial charge in [-0.25, -0.2) is 0 Å². The number of hydrogen-bond acceptors (Lipinski definition) is 10. The first-order valence-electron chi connectivity index (χ1n) is 9.59. The lowest BCUT2D eigenvalue weighted by atomic mass is 9.95. The molecule has 11 nitrogen and oxygen atoms in total. The summed E-state index contributed by atoms with van der Waals surface area (Å²) in [7, 11) is 2.42. The lowest BCUT2D eigenvalue weighted by molar-refractivity contribution is -0.153. The molecule has 3 heterocycles. The summed E-state index contributed by atoms with van der Waals surface area (Å²) in [5, 5.41) is 9.41. The van der Waals surface area contributed by atoms with Crippen LogP contribution in [0.5, 0.6) is 0 Å². The zero-order valence-corrected chi connectivity index (χ0v) is 17.2. The average molecular weight is 430 g/mol. The second kappa shape index (κ2) is 9.80. The number of esters is 2.